The van der Waals surface area contributed by atoms with Crippen LogP contribution in [0.4, 0.5) is 4.39 Å². The molecule has 0 bridgehead atoms. The Labute approximate surface area is 93.7 Å². The van der Waals surface area contributed by atoms with Crippen molar-refractivity contribution in [2.45, 2.75) is 6.92 Å². The zero-order chi connectivity index (χ0) is 12.5. The van der Waals surface area contributed by atoms with E-state index in [-0.39, 0.29) is 5.56 Å². The number of carbonyl (C=O) groups excluding carboxylic acids is 1. The van der Waals surface area contributed by atoms with Crippen LogP contribution in [-0.2, 0) is 10.0 Å². The number of benzene rings is 1. The monoisotopic (exact) mass is 245 g/mol. The summed E-state index contributed by atoms with van der Waals surface area (Å²) < 4.78 is 35.8. The summed E-state index contributed by atoms with van der Waals surface area (Å²) in [5.74, 6) is -1.11. The Morgan fingerprint density at radius 3 is 2.38 bits per heavy atom. The topological polar surface area (TPSA) is 54.5 Å². The van der Waals surface area contributed by atoms with Crippen molar-refractivity contribution in [3.8, 4) is 0 Å². The normalized spacial score (nSPS) is 11.2. The molecule has 1 aromatic carbocycles. The molecule has 0 N–H and O–H groups in total. The molecule has 0 aliphatic rings. The van der Waals surface area contributed by atoms with Crippen LogP contribution in [0.15, 0.2) is 18.2 Å². The average molecular weight is 245 g/mol. The van der Waals surface area contributed by atoms with Gasteiger partial charge in [-0.3, -0.25) is 4.79 Å². The number of halogens is 1. The van der Waals surface area contributed by atoms with Gasteiger partial charge in [0.1, 0.15) is 5.82 Å². The van der Waals surface area contributed by atoms with E-state index in [1.807, 2.05) is 0 Å². The Hall–Kier alpha value is -1.43. The first-order chi connectivity index (χ1) is 7.23. The summed E-state index contributed by atoms with van der Waals surface area (Å²) in [6, 6.07) is 3.71. The molecule has 0 unspecified atom stereocenters. The number of hydrogen-bond donors (Lipinski definition) is 0. The molecule has 6 heteroatoms. The molecule has 0 fully saturated rings. The third-order valence-electron chi connectivity index (χ3n) is 2.19. The van der Waals surface area contributed by atoms with E-state index in [0.717, 1.165) is 19.4 Å². The minimum Gasteiger partial charge on any atom is -0.268 e. The van der Waals surface area contributed by atoms with Crippen molar-refractivity contribution in [1.29, 1.82) is 0 Å². The van der Waals surface area contributed by atoms with E-state index in [4.69, 9.17) is 0 Å². The third kappa shape index (κ3) is 2.57. The first-order valence-corrected chi connectivity index (χ1v) is 6.32. The van der Waals surface area contributed by atoms with Crippen molar-refractivity contribution in [1.82, 2.24) is 4.31 Å². The van der Waals surface area contributed by atoms with Crippen molar-refractivity contribution >= 4 is 15.9 Å². The molecular weight excluding hydrogens is 233 g/mol. The second kappa shape index (κ2) is 4.21. The van der Waals surface area contributed by atoms with E-state index in [0.29, 0.717) is 9.87 Å². The molecule has 1 aromatic rings. The van der Waals surface area contributed by atoms with Crippen LogP contribution in [0.25, 0.3) is 0 Å². The Morgan fingerprint density at radius 1 is 1.38 bits per heavy atom. The van der Waals surface area contributed by atoms with Crippen LogP contribution in [0.2, 0.25) is 0 Å². The lowest BCUT2D eigenvalue weighted by Crippen LogP contribution is -2.32. The standard InChI is InChI=1S/C10H12FNO3S/c1-7-6-8(4-5-9(7)11)10(13)12(2)16(3,14)15/h4-6H,1-3H3. The van der Waals surface area contributed by atoms with Gasteiger partial charge in [0.2, 0.25) is 10.0 Å². The smallest absolute Gasteiger partial charge is 0.267 e. The summed E-state index contributed by atoms with van der Waals surface area (Å²) >= 11 is 0. The maximum absolute atomic E-state index is 13.0. The molecule has 0 heterocycles. The summed E-state index contributed by atoms with van der Waals surface area (Å²) in [5.41, 5.74) is 0.444. The van der Waals surface area contributed by atoms with Crippen molar-refractivity contribution in [2.24, 2.45) is 0 Å². The van der Waals surface area contributed by atoms with Gasteiger partial charge in [0.05, 0.1) is 6.26 Å². The van der Waals surface area contributed by atoms with Gasteiger partial charge in [0.25, 0.3) is 5.91 Å². The Kier molecular flexibility index (Phi) is 3.32. The number of aryl methyl sites for hydroxylation is 1. The first-order valence-electron chi connectivity index (χ1n) is 4.48. The Balaban J connectivity index is 3.11. The summed E-state index contributed by atoms with van der Waals surface area (Å²) in [6.45, 7) is 1.51. The van der Waals surface area contributed by atoms with Gasteiger partial charge in [-0.1, -0.05) is 0 Å². The molecule has 0 spiro atoms. The summed E-state index contributed by atoms with van der Waals surface area (Å²) in [7, 11) is -2.42. The summed E-state index contributed by atoms with van der Waals surface area (Å²) in [4.78, 5) is 11.7. The number of carbonyl (C=O) groups is 1. The van der Waals surface area contributed by atoms with Crippen LogP contribution in [0, 0.1) is 12.7 Å². The molecule has 1 amide bonds. The lowest BCUT2D eigenvalue weighted by Gasteiger charge is -2.14. The van der Waals surface area contributed by atoms with Crippen LogP contribution >= 0.6 is 0 Å². The molecule has 0 aliphatic heterocycles. The zero-order valence-corrected chi connectivity index (χ0v) is 10.0. The second-order valence-electron chi connectivity index (χ2n) is 3.50. The highest BCUT2D eigenvalue weighted by atomic mass is 32.2. The molecule has 0 radical (unpaired) electrons. The lowest BCUT2D eigenvalue weighted by molar-refractivity contribution is 0.0883. The molecule has 16 heavy (non-hydrogen) atoms. The zero-order valence-electron chi connectivity index (χ0n) is 9.19. The number of rotatable bonds is 2. The molecule has 4 nitrogen and oxygen atoms in total. The Morgan fingerprint density at radius 2 is 1.94 bits per heavy atom. The average Bonchev–Trinajstić information content (AvgIpc) is 2.18. The van der Waals surface area contributed by atoms with Crippen LogP contribution in [0.3, 0.4) is 0 Å². The van der Waals surface area contributed by atoms with Crippen LogP contribution in [0.1, 0.15) is 15.9 Å². The van der Waals surface area contributed by atoms with Crippen LogP contribution in [-0.4, -0.2) is 31.9 Å². The van der Waals surface area contributed by atoms with Gasteiger partial charge in [-0.2, -0.15) is 0 Å². The molecule has 0 aromatic heterocycles. The number of amides is 1. The van der Waals surface area contributed by atoms with Crippen molar-refractivity contribution in [3.05, 3.63) is 35.1 Å². The fraction of sp³-hybridized carbons (Fsp3) is 0.300. The summed E-state index contributed by atoms with van der Waals surface area (Å²) in [5, 5.41) is 0. The number of nitrogens with zero attached hydrogens (tertiary/aromatic N) is 1. The van der Waals surface area contributed by atoms with Crippen LogP contribution < -0.4 is 0 Å². The van der Waals surface area contributed by atoms with Gasteiger partial charge in [-0.05, 0) is 30.7 Å². The fourth-order valence-electron chi connectivity index (χ4n) is 1.11. The van der Waals surface area contributed by atoms with Gasteiger partial charge in [0, 0.05) is 12.6 Å². The maximum Gasteiger partial charge on any atom is 0.267 e. The maximum atomic E-state index is 13.0. The highest BCUT2D eigenvalue weighted by Gasteiger charge is 2.20. The van der Waals surface area contributed by atoms with Crippen molar-refractivity contribution < 1.29 is 17.6 Å². The van der Waals surface area contributed by atoms with Gasteiger partial charge >= 0.3 is 0 Å². The van der Waals surface area contributed by atoms with E-state index in [9.17, 15) is 17.6 Å². The molecule has 0 aliphatic carbocycles. The quantitative estimate of drug-likeness (QED) is 0.785. The highest BCUT2D eigenvalue weighted by Crippen LogP contribution is 2.12. The summed E-state index contributed by atoms with van der Waals surface area (Å²) in [6.07, 6.45) is 0.932. The second-order valence-corrected chi connectivity index (χ2v) is 5.51. The SMILES string of the molecule is Cc1cc(C(=O)N(C)S(C)(=O)=O)ccc1F. The molecule has 0 atom stereocenters. The fourth-order valence-corrected chi connectivity index (χ4v) is 1.52. The van der Waals surface area contributed by atoms with Gasteiger partial charge in [-0.25, -0.2) is 17.1 Å². The predicted octanol–water partition coefficient (Wildman–Crippen LogP) is 1.17. The molecular formula is C10H12FNO3S. The third-order valence-corrected chi connectivity index (χ3v) is 3.35. The van der Waals surface area contributed by atoms with E-state index in [1.54, 1.807) is 0 Å². The van der Waals surface area contributed by atoms with Crippen molar-refractivity contribution in [3.63, 3.8) is 0 Å². The van der Waals surface area contributed by atoms with E-state index in [1.165, 1.54) is 19.1 Å². The lowest BCUT2D eigenvalue weighted by atomic mass is 10.1. The van der Waals surface area contributed by atoms with E-state index in [2.05, 4.69) is 0 Å². The molecule has 0 saturated heterocycles. The first kappa shape index (κ1) is 12.6. The van der Waals surface area contributed by atoms with Gasteiger partial charge < -0.3 is 0 Å². The molecule has 88 valence electrons. The minimum atomic E-state index is -3.58. The molecule has 1 rings (SSSR count). The van der Waals surface area contributed by atoms with Gasteiger partial charge in [0.15, 0.2) is 0 Å². The van der Waals surface area contributed by atoms with Crippen molar-refractivity contribution in [2.75, 3.05) is 13.3 Å². The van der Waals surface area contributed by atoms with Gasteiger partial charge in [-0.15, -0.1) is 0 Å². The predicted molar refractivity (Wildman–Crippen MR) is 58.1 cm³/mol. The number of hydrogen-bond acceptors (Lipinski definition) is 3. The van der Waals surface area contributed by atoms with Crippen LogP contribution in [0.5, 0.6) is 0 Å². The Bertz CT molecular complexity index is 525. The molecule has 0 saturated carbocycles. The largest absolute Gasteiger partial charge is 0.268 e. The number of sulfonamides is 1. The minimum absolute atomic E-state index is 0.145. The van der Waals surface area contributed by atoms with E-state index >= 15 is 0 Å². The van der Waals surface area contributed by atoms with E-state index < -0.39 is 21.7 Å². The highest BCUT2D eigenvalue weighted by molar-refractivity contribution is 7.88.